The molecule has 0 saturated carbocycles. The van der Waals surface area contributed by atoms with Crippen molar-refractivity contribution in [3.63, 3.8) is 0 Å². The number of hydrogen-bond donors (Lipinski definition) is 0. The van der Waals surface area contributed by atoms with Crippen molar-refractivity contribution in [3.05, 3.63) is 69.9 Å². The van der Waals surface area contributed by atoms with Gasteiger partial charge in [0.25, 0.3) is 0 Å². The van der Waals surface area contributed by atoms with Crippen LogP contribution in [0, 0.1) is 20.8 Å². The van der Waals surface area contributed by atoms with Gasteiger partial charge in [-0.05, 0) is 74.4 Å². The van der Waals surface area contributed by atoms with Crippen LogP contribution in [0.4, 0.5) is 0 Å². The summed E-state index contributed by atoms with van der Waals surface area (Å²) in [6.07, 6.45) is 3.47. The maximum Gasteiger partial charge on any atom is 0.231 e. The summed E-state index contributed by atoms with van der Waals surface area (Å²) in [7, 11) is 0. The van der Waals surface area contributed by atoms with Crippen LogP contribution >= 0.6 is 11.3 Å². The summed E-state index contributed by atoms with van der Waals surface area (Å²) in [4.78, 5) is 11.8. The predicted octanol–water partition coefficient (Wildman–Crippen LogP) is 6.56. The maximum absolute atomic E-state index is 6.35. The Hall–Kier alpha value is -2.72. The third kappa shape index (κ3) is 2.98. The van der Waals surface area contributed by atoms with Crippen LogP contribution in [-0.4, -0.2) is 9.97 Å². The molecule has 0 radical (unpaired) electrons. The Kier molecular flexibility index (Phi) is 4.17. The first kappa shape index (κ1) is 17.4. The van der Waals surface area contributed by atoms with Crippen LogP contribution in [0.1, 0.15) is 33.8 Å². The Bertz CT molecular complexity index is 1190. The molecule has 0 atom stereocenters. The van der Waals surface area contributed by atoms with Crippen molar-refractivity contribution >= 4 is 21.6 Å². The molecule has 0 spiro atoms. The normalized spacial score (nSPS) is 13.1. The summed E-state index contributed by atoms with van der Waals surface area (Å²) in [6, 6.07) is 15.0. The summed E-state index contributed by atoms with van der Waals surface area (Å²) >= 11 is 1.80. The van der Waals surface area contributed by atoms with Crippen LogP contribution in [0.3, 0.4) is 0 Å². The van der Waals surface area contributed by atoms with Gasteiger partial charge in [0.2, 0.25) is 5.88 Å². The van der Waals surface area contributed by atoms with E-state index in [0.717, 1.165) is 40.2 Å². The van der Waals surface area contributed by atoms with E-state index >= 15 is 0 Å². The number of aryl methyl sites for hydroxylation is 5. The van der Waals surface area contributed by atoms with E-state index in [0.29, 0.717) is 5.88 Å². The number of ether oxygens (including phenoxy) is 1. The van der Waals surface area contributed by atoms with Gasteiger partial charge in [-0.1, -0.05) is 35.9 Å². The molecule has 0 aliphatic heterocycles. The van der Waals surface area contributed by atoms with E-state index in [9.17, 15) is 0 Å². The molecule has 0 saturated heterocycles. The highest BCUT2D eigenvalue weighted by Crippen LogP contribution is 2.42. The highest BCUT2D eigenvalue weighted by molar-refractivity contribution is 7.19. The lowest BCUT2D eigenvalue weighted by atomic mass is 10.0. The molecule has 140 valence electrons. The Morgan fingerprint density at radius 3 is 2.46 bits per heavy atom. The second-order valence-corrected chi connectivity index (χ2v) is 8.65. The third-order valence-electron chi connectivity index (χ3n) is 5.41. The van der Waals surface area contributed by atoms with Crippen molar-refractivity contribution in [3.8, 4) is 22.8 Å². The minimum atomic E-state index is 0.702. The topological polar surface area (TPSA) is 35.0 Å². The molecule has 1 aliphatic carbocycles. The average molecular weight is 387 g/mol. The van der Waals surface area contributed by atoms with Gasteiger partial charge in [-0.15, -0.1) is 11.3 Å². The summed E-state index contributed by atoms with van der Waals surface area (Å²) < 4.78 is 6.35. The van der Waals surface area contributed by atoms with Crippen LogP contribution in [-0.2, 0) is 12.8 Å². The summed E-state index contributed by atoms with van der Waals surface area (Å²) in [5.74, 6) is 2.32. The van der Waals surface area contributed by atoms with E-state index in [1.807, 2.05) is 6.92 Å². The Balaban J connectivity index is 1.54. The monoisotopic (exact) mass is 386 g/mol. The molecule has 0 bridgehead atoms. The summed E-state index contributed by atoms with van der Waals surface area (Å²) in [6.45, 7) is 6.14. The molecule has 0 unspecified atom stereocenters. The minimum absolute atomic E-state index is 0.702. The first-order chi connectivity index (χ1) is 13.6. The highest BCUT2D eigenvalue weighted by Gasteiger charge is 2.23. The van der Waals surface area contributed by atoms with Gasteiger partial charge in [0.05, 0.1) is 5.39 Å². The predicted molar refractivity (Wildman–Crippen MR) is 116 cm³/mol. The van der Waals surface area contributed by atoms with Gasteiger partial charge < -0.3 is 4.74 Å². The first-order valence-corrected chi connectivity index (χ1v) is 10.5. The Morgan fingerprint density at radius 2 is 1.68 bits per heavy atom. The molecule has 28 heavy (non-hydrogen) atoms. The fourth-order valence-electron chi connectivity index (χ4n) is 3.93. The van der Waals surface area contributed by atoms with E-state index < -0.39 is 0 Å². The molecule has 3 nitrogen and oxygen atoms in total. The van der Waals surface area contributed by atoms with Crippen LogP contribution in [0.5, 0.6) is 11.6 Å². The minimum Gasteiger partial charge on any atom is -0.438 e. The molecule has 2 heterocycles. The number of thiophene rings is 1. The molecule has 5 rings (SSSR count). The van der Waals surface area contributed by atoms with E-state index in [-0.39, 0.29) is 0 Å². The summed E-state index contributed by atoms with van der Waals surface area (Å²) in [5.41, 5.74) is 6.19. The average Bonchev–Trinajstić information content (AvgIpc) is 3.24. The van der Waals surface area contributed by atoms with Gasteiger partial charge >= 0.3 is 0 Å². The smallest absolute Gasteiger partial charge is 0.231 e. The van der Waals surface area contributed by atoms with Gasteiger partial charge in [0.15, 0.2) is 0 Å². The van der Waals surface area contributed by atoms with Crippen LogP contribution in [0.25, 0.3) is 21.3 Å². The second-order valence-electron chi connectivity index (χ2n) is 7.56. The van der Waals surface area contributed by atoms with Crippen LogP contribution < -0.4 is 4.74 Å². The zero-order valence-corrected chi connectivity index (χ0v) is 17.2. The first-order valence-electron chi connectivity index (χ1n) is 9.73. The van der Waals surface area contributed by atoms with Crippen molar-refractivity contribution in [2.75, 3.05) is 0 Å². The van der Waals surface area contributed by atoms with Gasteiger partial charge in [-0.3, -0.25) is 0 Å². The lowest BCUT2D eigenvalue weighted by Gasteiger charge is -2.12. The van der Waals surface area contributed by atoms with Crippen molar-refractivity contribution < 1.29 is 4.74 Å². The SMILES string of the molecule is Cc1ccc(-c2ccc(Oc3nc(C)nc4sc5c(c34)CCC5)c(C)c2)cc1. The molecule has 2 aromatic carbocycles. The molecule has 1 aliphatic rings. The number of fused-ring (bicyclic) bond motifs is 3. The highest BCUT2D eigenvalue weighted by atomic mass is 32.1. The zero-order chi connectivity index (χ0) is 19.3. The molecule has 4 aromatic rings. The molecular formula is C24H22N2OS. The van der Waals surface area contributed by atoms with E-state index in [1.165, 1.54) is 33.6 Å². The van der Waals surface area contributed by atoms with Crippen molar-refractivity contribution in [1.29, 1.82) is 0 Å². The molecular weight excluding hydrogens is 364 g/mol. The third-order valence-corrected chi connectivity index (χ3v) is 6.60. The molecule has 2 aromatic heterocycles. The standard InChI is InChI=1S/C24H22N2OS/c1-14-7-9-17(10-8-14)18-11-12-20(15(2)13-18)27-23-22-19-5-4-6-21(19)28-24(22)26-16(3)25-23/h7-13H,4-6H2,1-3H3. The zero-order valence-electron chi connectivity index (χ0n) is 16.4. The Labute approximate surface area is 169 Å². The lowest BCUT2D eigenvalue weighted by molar-refractivity contribution is 0.463. The van der Waals surface area contributed by atoms with E-state index in [4.69, 9.17) is 4.74 Å². The van der Waals surface area contributed by atoms with Gasteiger partial charge in [-0.2, -0.15) is 4.98 Å². The number of benzene rings is 2. The summed E-state index contributed by atoms with van der Waals surface area (Å²) in [5, 5.41) is 1.12. The quantitative estimate of drug-likeness (QED) is 0.400. The fourth-order valence-corrected chi connectivity index (χ4v) is 5.23. The Morgan fingerprint density at radius 1 is 0.893 bits per heavy atom. The van der Waals surface area contributed by atoms with Crippen LogP contribution in [0.2, 0.25) is 0 Å². The molecule has 0 amide bonds. The molecule has 4 heteroatoms. The molecule has 0 N–H and O–H groups in total. The maximum atomic E-state index is 6.35. The fraction of sp³-hybridized carbons (Fsp3) is 0.250. The molecule has 0 fully saturated rings. The van der Waals surface area contributed by atoms with Crippen LogP contribution in [0.15, 0.2) is 42.5 Å². The van der Waals surface area contributed by atoms with Gasteiger partial charge in [0.1, 0.15) is 16.4 Å². The van der Waals surface area contributed by atoms with Gasteiger partial charge in [-0.25, -0.2) is 4.98 Å². The number of hydrogen-bond acceptors (Lipinski definition) is 4. The van der Waals surface area contributed by atoms with Gasteiger partial charge in [0, 0.05) is 4.88 Å². The number of aromatic nitrogens is 2. The number of rotatable bonds is 3. The van der Waals surface area contributed by atoms with Crippen molar-refractivity contribution in [1.82, 2.24) is 9.97 Å². The van der Waals surface area contributed by atoms with Crippen molar-refractivity contribution in [2.24, 2.45) is 0 Å². The van der Waals surface area contributed by atoms with Crippen molar-refractivity contribution in [2.45, 2.75) is 40.0 Å². The second kappa shape index (κ2) is 6.71. The van der Waals surface area contributed by atoms with E-state index in [1.54, 1.807) is 11.3 Å². The largest absolute Gasteiger partial charge is 0.438 e. The number of nitrogens with zero attached hydrogens (tertiary/aromatic N) is 2. The lowest BCUT2D eigenvalue weighted by Crippen LogP contribution is -1.96. The van der Waals surface area contributed by atoms with E-state index in [2.05, 4.69) is 66.3 Å².